The number of halogens is 2. The van der Waals surface area contributed by atoms with Crippen LogP contribution in [0.15, 0.2) is 17.1 Å². The minimum Gasteiger partial charge on any atom is -0.454 e. The zero-order valence-corrected chi connectivity index (χ0v) is 16.3. The van der Waals surface area contributed by atoms with Crippen molar-refractivity contribution in [2.45, 2.75) is 32.9 Å². The summed E-state index contributed by atoms with van der Waals surface area (Å²) in [6.45, 7) is -0.111. The second-order valence-corrected chi connectivity index (χ2v) is 6.28. The standard InChI is InChI=1S/C18H26F2N4O4/c1-4-5-6-21-18(23-10-16(25)24(2)3)22-9-12-7-14-15(27-11-26-14)8-13(12)28-17(19)20/h7-8,17H,4-6,9-11H2,1-3H3,(H2,21,22,23). The number of fused-ring (bicyclic) bond motifs is 1. The van der Waals surface area contributed by atoms with Gasteiger partial charge in [-0.15, -0.1) is 0 Å². The summed E-state index contributed by atoms with van der Waals surface area (Å²) < 4.78 is 40.6. The first-order chi connectivity index (χ1) is 13.4. The molecule has 0 atom stereocenters. The molecule has 1 aromatic rings. The van der Waals surface area contributed by atoms with Crippen molar-refractivity contribution in [2.24, 2.45) is 4.99 Å². The maximum atomic E-state index is 12.7. The lowest BCUT2D eigenvalue weighted by atomic mass is 10.1. The lowest BCUT2D eigenvalue weighted by Crippen LogP contribution is -2.43. The summed E-state index contributed by atoms with van der Waals surface area (Å²) in [6, 6.07) is 2.94. The number of hydrogen-bond donors (Lipinski definition) is 2. The van der Waals surface area contributed by atoms with Crippen LogP contribution < -0.4 is 24.8 Å². The molecule has 0 radical (unpaired) electrons. The van der Waals surface area contributed by atoms with Gasteiger partial charge in [-0.1, -0.05) is 13.3 Å². The summed E-state index contributed by atoms with van der Waals surface area (Å²) in [4.78, 5) is 17.7. The molecule has 1 heterocycles. The first-order valence-corrected chi connectivity index (χ1v) is 9.00. The Hall–Kier alpha value is -2.78. The third kappa shape index (κ3) is 6.43. The van der Waals surface area contributed by atoms with Crippen LogP contribution in [0.3, 0.4) is 0 Å². The Morgan fingerprint density at radius 1 is 1.29 bits per heavy atom. The van der Waals surface area contributed by atoms with Crippen LogP contribution in [0, 0.1) is 0 Å². The molecule has 1 aromatic carbocycles. The molecule has 0 spiro atoms. The summed E-state index contributed by atoms with van der Waals surface area (Å²) in [5, 5.41) is 6.07. The Kier molecular flexibility index (Phi) is 8.09. The first kappa shape index (κ1) is 21.5. The first-order valence-electron chi connectivity index (χ1n) is 9.00. The molecule has 8 nitrogen and oxygen atoms in total. The number of benzene rings is 1. The predicted molar refractivity (Wildman–Crippen MR) is 99.9 cm³/mol. The number of likely N-dealkylation sites (N-methyl/N-ethyl adjacent to an activating group) is 1. The van der Waals surface area contributed by atoms with E-state index in [0.717, 1.165) is 12.8 Å². The quantitative estimate of drug-likeness (QED) is 0.374. The molecule has 28 heavy (non-hydrogen) atoms. The number of hydrogen-bond acceptors (Lipinski definition) is 5. The van der Waals surface area contributed by atoms with Gasteiger partial charge in [0.05, 0.1) is 13.1 Å². The molecule has 2 rings (SSSR count). The van der Waals surface area contributed by atoms with Crippen LogP contribution in [-0.4, -0.2) is 57.4 Å². The fourth-order valence-corrected chi connectivity index (χ4v) is 2.33. The Morgan fingerprint density at radius 3 is 2.64 bits per heavy atom. The predicted octanol–water partition coefficient (Wildman–Crippen LogP) is 1.94. The lowest BCUT2D eigenvalue weighted by molar-refractivity contribution is -0.127. The van der Waals surface area contributed by atoms with Gasteiger partial charge in [-0.05, 0) is 12.5 Å². The van der Waals surface area contributed by atoms with Crippen molar-refractivity contribution in [1.82, 2.24) is 15.5 Å². The molecule has 0 fully saturated rings. The van der Waals surface area contributed by atoms with Gasteiger partial charge in [0.25, 0.3) is 0 Å². The highest BCUT2D eigenvalue weighted by atomic mass is 19.3. The summed E-state index contributed by atoms with van der Waals surface area (Å²) in [7, 11) is 3.32. The van der Waals surface area contributed by atoms with Crippen LogP contribution in [0.2, 0.25) is 0 Å². The smallest absolute Gasteiger partial charge is 0.387 e. The van der Waals surface area contributed by atoms with Crippen molar-refractivity contribution in [1.29, 1.82) is 0 Å². The summed E-state index contributed by atoms with van der Waals surface area (Å²) in [5.41, 5.74) is 0.417. The van der Waals surface area contributed by atoms with E-state index in [9.17, 15) is 13.6 Å². The van der Waals surface area contributed by atoms with Gasteiger partial charge < -0.3 is 29.7 Å². The topological polar surface area (TPSA) is 84.4 Å². The van der Waals surface area contributed by atoms with Gasteiger partial charge in [-0.25, -0.2) is 4.99 Å². The summed E-state index contributed by atoms with van der Waals surface area (Å²) in [5.74, 6) is 1.06. The molecular formula is C18H26F2N4O4. The van der Waals surface area contributed by atoms with Gasteiger partial charge in [0.15, 0.2) is 17.5 Å². The van der Waals surface area contributed by atoms with Crippen LogP contribution in [0.25, 0.3) is 0 Å². The SMILES string of the molecule is CCCCNC(=NCc1cc2c(cc1OC(F)F)OCO2)NCC(=O)N(C)C. The zero-order valence-electron chi connectivity index (χ0n) is 16.3. The van der Waals surface area contributed by atoms with Crippen LogP contribution in [0.4, 0.5) is 8.78 Å². The number of carbonyl (C=O) groups is 1. The minimum absolute atomic E-state index is 0.0220. The normalized spacial score (nSPS) is 12.9. The third-order valence-electron chi connectivity index (χ3n) is 3.91. The van der Waals surface area contributed by atoms with Gasteiger partial charge in [0, 0.05) is 32.3 Å². The molecular weight excluding hydrogens is 374 g/mol. The van der Waals surface area contributed by atoms with Crippen molar-refractivity contribution in [3.8, 4) is 17.2 Å². The second-order valence-electron chi connectivity index (χ2n) is 6.28. The van der Waals surface area contributed by atoms with Gasteiger partial charge in [0.1, 0.15) is 5.75 Å². The van der Waals surface area contributed by atoms with Crippen LogP contribution in [0.5, 0.6) is 17.2 Å². The number of guanidine groups is 1. The van der Waals surface area contributed by atoms with Gasteiger partial charge >= 0.3 is 6.61 Å². The minimum atomic E-state index is -2.97. The molecule has 156 valence electrons. The highest BCUT2D eigenvalue weighted by Crippen LogP contribution is 2.38. The molecule has 0 aromatic heterocycles. The monoisotopic (exact) mass is 400 g/mol. The van der Waals surface area contributed by atoms with Crippen LogP contribution >= 0.6 is 0 Å². The van der Waals surface area contributed by atoms with Crippen molar-refractivity contribution >= 4 is 11.9 Å². The van der Waals surface area contributed by atoms with Crippen molar-refractivity contribution in [3.63, 3.8) is 0 Å². The van der Waals surface area contributed by atoms with Gasteiger partial charge in [-0.2, -0.15) is 8.78 Å². The molecule has 1 amide bonds. The summed E-state index contributed by atoms with van der Waals surface area (Å²) in [6.07, 6.45) is 1.91. The number of amides is 1. The van der Waals surface area contributed by atoms with E-state index in [-0.39, 0.29) is 31.5 Å². The van der Waals surface area contributed by atoms with E-state index >= 15 is 0 Å². The molecule has 0 saturated carbocycles. The van der Waals surface area contributed by atoms with Crippen LogP contribution in [-0.2, 0) is 11.3 Å². The largest absolute Gasteiger partial charge is 0.454 e. The Bertz CT molecular complexity index is 698. The lowest BCUT2D eigenvalue weighted by Gasteiger charge is -2.15. The highest BCUT2D eigenvalue weighted by Gasteiger charge is 2.20. The Morgan fingerprint density at radius 2 is 2.00 bits per heavy atom. The third-order valence-corrected chi connectivity index (χ3v) is 3.91. The number of nitrogens with zero attached hydrogens (tertiary/aromatic N) is 2. The van der Waals surface area contributed by atoms with E-state index < -0.39 is 6.61 Å². The second kappa shape index (κ2) is 10.5. The van der Waals surface area contributed by atoms with E-state index in [1.54, 1.807) is 20.2 Å². The van der Waals surface area contributed by atoms with E-state index in [4.69, 9.17) is 9.47 Å². The summed E-state index contributed by atoms with van der Waals surface area (Å²) >= 11 is 0. The fourth-order valence-electron chi connectivity index (χ4n) is 2.33. The van der Waals surface area contributed by atoms with Crippen LogP contribution in [0.1, 0.15) is 25.3 Å². The highest BCUT2D eigenvalue weighted by molar-refractivity contribution is 5.86. The average molecular weight is 400 g/mol. The number of carbonyl (C=O) groups excluding carboxylic acids is 1. The maximum Gasteiger partial charge on any atom is 0.387 e. The molecule has 10 heteroatoms. The molecule has 2 N–H and O–H groups in total. The fraction of sp³-hybridized carbons (Fsp3) is 0.556. The van der Waals surface area contributed by atoms with E-state index in [2.05, 4.69) is 27.3 Å². The number of ether oxygens (including phenoxy) is 3. The molecule has 0 bridgehead atoms. The van der Waals surface area contributed by atoms with E-state index in [0.29, 0.717) is 29.6 Å². The van der Waals surface area contributed by atoms with Crippen molar-refractivity contribution in [2.75, 3.05) is 34.0 Å². The number of nitrogens with one attached hydrogen (secondary N) is 2. The van der Waals surface area contributed by atoms with E-state index in [1.807, 2.05) is 0 Å². The number of rotatable bonds is 9. The number of unbranched alkanes of at least 4 members (excludes halogenated alkanes) is 1. The zero-order chi connectivity index (χ0) is 20.5. The molecule has 0 unspecified atom stereocenters. The Labute approximate surface area is 162 Å². The number of aliphatic imine (C=N–C) groups is 1. The van der Waals surface area contributed by atoms with Gasteiger partial charge in [-0.3, -0.25) is 4.79 Å². The van der Waals surface area contributed by atoms with Crippen molar-refractivity contribution < 1.29 is 27.8 Å². The Balaban J connectivity index is 2.15. The molecule has 1 aliphatic rings. The molecule has 0 saturated heterocycles. The number of alkyl halides is 2. The average Bonchev–Trinajstić information content (AvgIpc) is 3.09. The molecule has 1 aliphatic heterocycles. The maximum absolute atomic E-state index is 12.7. The molecule has 0 aliphatic carbocycles. The van der Waals surface area contributed by atoms with E-state index in [1.165, 1.54) is 11.0 Å². The van der Waals surface area contributed by atoms with Gasteiger partial charge in [0.2, 0.25) is 12.7 Å². The van der Waals surface area contributed by atoms with Crippen molar-refractivity contribution in [3.05, 3.63) is 17.7 Å².